The maximum absolute atomic E-state index is 12.0. The molecule has 1 aromatic carbocycles. The standard InChI is InChI=1S/C15H22N2OS/c1-11-5-7-12(8-6-11)14(16)15(18)17-10-13-4-2-3-9-19-13/h5-8,13-14H,2-4,9-10,16H2,1H3,(H,17,18). The molecule has 3 nitrogen and oxygen atoms in total. The van der Waals surface area contributed by atoms with Crippen molar-refractivity contribution in [3.8, 4) is 0 Å². The first-order valence-corrected chi connectivity index (χ1v) is 7.93. The highest BCUT2D eigenvalue weighted by molar-refractivity contribution is 7.99. The monoisotopic (exact) mass is 278 g/mol. The predicted molar refractivity (Wildman–Crippen MR) is 81.2 cm³/mol. The van der Waals surface area contributed by atoms with Crippen molar-refractivity contribution >= 4 is 17.7 Å². The highest BCUT2D eigenvalue weighted by Gasteiger charge is 2.18. The predicted octanol–water partition coefficient (Wildman–Crippen LogP) is 2.40. The fourth-order valence-corrected chi connectivity index (χ4v) is 3.46. The van der Waals surface area contributed by atoms with Gasteiger partial charge in [-0.3, -0.25) is 4.79 Å². The Morgan fingerprint density at radius 1 is 1.42 bits per heavy atom. The van der Waals surface area contributed by atoms with E-state index < -0.39 is 6.04 Å². The number of hydrogen-bond donors (Lipinski definition) is 2. The van der Waals surface area contributed by atoms with Crippen LogP contribution < -0.4 is 11.1 Å². The molecule has 0 aromatic heterocycles. The minimum absolute atomic E-state index is 0.0740. The molecule has 1 aliphatic heterocycles. The van der Waals surface area contributed by atoms with Crippen LogP contribution in [0.3, 0.4) is 0 Å². The summed E-state index contributed by atoms with van der Waals surface area (Å²) in [5.74, 6) is 1.14. The molecule has 104 valence electrons. The van der Waals surface area contributed by atoms with Crippen molar-refractivity contribution in [3.63, 3.8) is 0 Å². The maximum Gasteiger partial charge on any atom is 0.241 e. The van der Waals surface area contributed by atoms with Crippen LogP contribution in [0.2, 0.25) is 0 Å². The van der Waals surface area contributed by atoms with Crippen LogP contribution in [-0.4, -0.2) is 23.5 Å². The van der Waals surface area contributed by atoms with E-state index >= 15 is 0 Å². The fourth-order valence-electron chi connectivity index (χ4n) is 2.22. The van der Waals surface area contributed by atoms with E-state index in [-0.39, 0.29) is 5.91 Å². The molecule has 0 aliphatic carbocycles. The Morgan fingerprint density at radius 3 is 2.79 bits per heavy atom. The van der Waals surface area contributed by atoms with E-state index in [1.165, 1.54) is 30.6 Å². The van der Waals surface area contributed by atoms with E-state index in [0.717, 1.165) is 12.1 Å². The Balaban J connectivity index is 1.83. The second-order valence-corrected chi connectivity index (χ2v) is 6.53. The van der Waals surface area contributed by atoms with E-state index in [0.29, 0.717) is 5.25 Å². The minimum Gasteiger partial charge on any atom is -0.353 e. The Hall–Kier alpha value is -1.00. The van der Waals surface area contributed by atoms with Crippen molar-refractivity contribution in [2.45, 2.75) is 37.5 Å². The average molecular weight is 278 g/mol. The third-order valence-electron chi connectivity index (χ3n) is 3.50. The summed E-state index contributed by atoms with van der Waals surface area (Å²) < 4.78 is 0. The summed E-state index contributed by atoms with van der Waals surface area (Å²) in [6.45, 7) is 2.76. The van der Waals surface area contributed by atoms with Crippen LogP contribution in [-0.2, 0) is 4.79 Å². The molecule has 0 bridgehead atoms. The number of carbonyl (C=O) groups is 1. The van der Waals surface area contributed by atoms with E-state index in [1.54, 1.807) is 0 Å². The van der Waals surface area contributed by atoms with Gasteiger partial charge in [-0.2, -0.15) is 11.8 Å². The first-order chi connectivity index (χ1) is 9.16. The molecule has 1 aromatic rings. The Morgan fingerprint density at radius 2 is 2.16 bits per heavy atom. The zero-order valence-corrected chi connectivity index (χ0v) is 12.2. The summed E-state index contributed by atoms with van der Waals surface area (Å²) >= 11 is 1.96. The van der Waals surface area contributed by atoms with Crippen LogP contribution in [0, 0.1) is 6.92 Å². The van der Waals surface area contributed by atoms with Crippen LogP contribution in [0.5, 0.6) is 0 Å². The number of thioether (sulfide) groups is 1. The number of nitrogens with two attached hydrogens (primary N) is 1. The number of carbonyl (C=O) groups excluding carboxylic acids is 1. The van der Waals surface area contributed by atoms with Crippen molar-refractivity contribution in [1.82, 2.24) is 5.32 Å². The molecular formula is C15H22N2OS. The van der Waals surface area contributed by atoms with Gasteiger partial charge in [0.15, 0.2) is 0 Å². The fraction of sp³-hybridized carbons (Fsp3) is 0.533. The lowest BCUT2D eigenvalue weighted by molar-refractivity contribution is -0.122. The number of aryl methyl sites for hydroxylation is 1. The molecule has 2 atom stereocenters. The van der Waals surface area contributed by atoms with Gasteiger partial charge in [-0.1, -0.05) is 36.2 Å². The van der Waals surface area contributed by atoms with Crippen molar-refractivity contribution in [3.05, 3.63) is 35.4 Å². The third-order valence-corrected chi connectivity index (χ3v) is 4.90. The molecule has 1 amide bonds. The zero-order valence-electron chi connectivity index (χ0n) is 11.4. The number of benzene rings is 1. The summed E-state index contributed by atoms with van der Waals surface area (Å²) in [6, 6.07) is 7.26. The van der Waals surface area contributed by atoms with Crippen molar-refractivity contribution in [2.75, 3.05) is 12.3 Å². The Bertz CT molecular complexity index is 413. The van der Waals surface area contributed by atoms with Gasteiger partial charge in [0.2, 0.25) is 5.91 Å². The molecule has 0 saturated carbocycles. The van der Waals surface area contributed by atoms with Crippen LogP contribution >= 0.6 is 11.8 Å². The van der Waals surface area contributed by atoms with E-state index in [9.17, 15) is 4.79 Å². The van der Waals surface area contributed by atoms with E-state index in [4.69, 9.17) is 5.73 Å². The zero-order chi connectivity index (χ0) is 13.7. The topological polar surface area (TPSA) is 55.1 Å². The van der Waals surface area contributed by atoms with Gasteiger partial charge in [-0.15, -0.1) is 0 Å². The highest BCUT2D eigenvalue weighted by atomic mass is 32.2. The lowest BCUT2D eigenvalue weighted by Gasteiger charge is -2.22. The third kappa shape index (κ3) is 4.25. The molecule has 1 heterocycles. The van der Waals surface area contributed by atoms with E-state index in [2.05, 4.69) is 5.32 Å². The minimum atomic E-state index is -0.561. The molecular weight excluding hydrogens is 256 g/mol. The quantitative estimate of drug-likeness (QED) is 0.889. The van der Waals surface area contributed by atoms with Gasteiger partial charge in [-0.25, -0.2) is 0 Å². The second kappa shape index (κ2) is 6.96. The van der Waals surface area contributed by atoms with Gasteiger partial charge in [0.05, 0.1) is 0 Å². The molecule has 1 aliphatic rings. The number of hydrogen-bond acceptors (Lipinski definition) is 3. The normalized spacial score (nSPS) is 20.8. The summed E-state index contributed by atoms with van der Waals surface area (Å²) in [6.07, 6.45) is 3.78. The summed E-state index contributed by atoms with van der Waals surface area (Å²) in [7, 11) is 0. The molecule has 19 heavy (non-hydrogen) atoms. The summed E-state index contributed by atoms with van der Waals surface area (Å²) in [4.78, 5) is 12.0. The Labute approximate surface area is 119 Å². The molecule has 0 spiro atoms. The summed E-state index contributed by atoms with van der Waals surface area (Å²) in [5, 5.41) is 3.54. The highest BCUT2D eigenvalue weighted by Crippen LogP contribution is 2.24. The lowest BCUT2D eigenvalue weighted by atomic mass is 10.1. The molecule has 1 saturated heterocycles. The SMILES string of the molecule is Cc1ccc(C(N)C(=O)NCC2CCCCS2)cc1. The number of nitrogens with one attached hydrogen (secondary N) is 1. The van der Waals surface area contributed by atoms with Gasteiger partial charge in [0, 0.05) is 11.8 Å². The van der Waals surface area contributed by atoms with Crippen LogP contribution in [0.25, 0.3) is 0 Å². The van der Waals surface area contributed by atoms with Crippen LogP contribution in [0.4, 0.5) is 0 Å². The number of rotatable bonds is 4. The largest absolute Gasteiger partial charge is 0.353 e. The molecule has 1 fully saturated rings. The van der Waals surface area contributed by atoms with Crippen LogP contribution in [0.15, 0.2) is 24.3 Å². The van der Waals surface area contributed by atoms with Crippen molar-refractivity contribution in [2.24, 2.45) is 5.73 Å². The van der Waals surface area contributed by atoms with Crippen LogP contribution in [0.1, 0.15) is 36.4 Å². The maximum atomic E-state index is 12.0. The lowest BCUT2D eigenvalue weighted by Crippen LogP contribution is -2.38. The van der Waals surface area contributed by atoms with Crippen molar-refractivity contribution in [1.29, 1.82) is 0 Å². The Kier molecular flexibility index (Phi) is 5.28. The first-order valence-electron chi connectivity index (χ1n) is 6.88. The second-order valence-electron chi connectivity index (χ2n) is 5.12. The smallest absolute Gasteiger partial charge is 0.241 e. The van der Waals surface area contributed by atoms with Gasteiger partial charge >= 0.3 is 0 Å². The van der Waals surface area contributed by atoms with Crippen molar-refractivity contribution < 1.29 is 4.79 Å². The molecule has 0 radical (unpaired) electrons. The van der Waals surface area contributed by atoms with Gasteiger partial charge in [-0.05, 0) is 31.1 Å². The molecule has 2 rings (SSSR count). The van der Waals surface area contributed by atoms with Gasteiger partial charge in [0.25, 0.3) is 0 Å². The molecule has 4 heteroatoms. The number of amides is 1. The molecule has 2 unspecified atom stereocenters. The summed E-state index contributed by atoms with van der Waals surface area (Å²) in [5.41, 5.74) is 8.04. The van der Waals surface area contributed by atoms with E-state index in [1.807, 2.05) is 43.0 Å². The first kappa shape index (κ1) is 14.4. The molecule has 3 N–H and O–H groups in total. The van der Waals surface area contributed by atoms with Gasteiger partial charge in [0.1, 0.15) is 6.04 Å². The van der Waals surface area contributed by atoms with Gasteiger partial charge < -0.3 is 11.1 Å². The average Bonchev–Trinajstić information content (AvgIpc) is 2.46.